The van der Waals surface area contributed by atoms with E-state index in [0.29, 0.717) is 5.69 Å². The van der Waals surface area contributed by atoms with Crippen molar-refractivity contribution in [1.82, 2.24) is 20.2 Å². The van der Waals surface area contributed by atoms with Gasteiger partial charge in [0.1, 0.15) is 5.69 Å². The first kappa shape index (κ1) is 17.3. The molecule has 29 heavy (non-hydrogen) atoms. The van der Waals surface area contributed by atoms with Crippen molar-refractivity contribution in [2.75, 3.05) is 6.61 Å². The Bertz CT molecular complexity index is 1310. The van der Waals surface area contributed by atoms with E-state index in [0.717, 1.165) is 38.6 Å². The van der Waals surface area contributed by atoms with Crippen molar-refractivity contribution < 1.29 is 9.90 Å². The zero-order valence-electron chi connectivity index (χ0n) is 15.5. The lowest BCUT2D eigenvalue weighted by molar-refractivity contribution is 0.0918. The van der Waals surface area contributed by atoms with Crippen LogP contribution in [0.4, 0.5) is 0 Å². The highest BCUT2D eigenvalue weighted by atomic mass is 16.3. The first-order valence-corrected chi connectivity index (χ1v) is 9.36. The third kappa shape index (κ3) is 2.99. The summed E-state index contributed by atoms with van der Waals surface area (Å²) in [4.78, 5) is 21.6. The SMILES string of the molecule is O=C(c1cc2cc3c(-c4ccncc4)[nH][nH]c3cc2n1)[C@H](CO)c1ccccc1. The molecule has 0 spiro atoms. The fourth-order valence-electron chi connectivity index (χ4n) is 3.71. The minimum atomic E-state index is -0.619. The zero-order chi connectivity index (χ0) is 19.8. The third-order valence-electron chi connectivity index (χ3n) is 5.21. The second-order valence-electron chi connectivity index (χ2n) is 6.97. The number of Topliss-reactive ketones (excluding diaryl/α,β-unsaturated/α-hetero) is 1. The number of aliphatic hydroxyl groups excluding tert-OH is 1. The first-order valence-electron chi connectivity index (χ1n) is 9.36. The summed E-state index contributed by atoms with van der Waals surface area (Å²) in [5, 5.41) is 18.1. The van der Waals surface area contributed by atoms with Gasteiger partial charge in [-0.1, -0.05) is 30.3 Å². The van der Waals surface area contributed by atoms with E-state index in [2.05, 4.69) is 20.2 Å². The lowest BCUT2D eigenvalue weighted by Gasteiger charge is -2.11. The molecule has 3 N–H and O–H groups in total. The van der Waals surface area contributed by atoms with Gasteiger partial charge >= 0.3 is 0 Å². The van der Waals surface area contributed by atoms with E-state index in [1.807, 2.05) is 54.6 Å². The number of aromatic amines is 2. The number of carbonyl (C=O) groups excluding carboxylic acids is 1. The van der Waals surface area contributed by atoms with Gasteiger partial charge in [0, 0.05) is 28.7 Å². The molecule has 0 radical (unpaired) electrons. The highest BCUT2D eigenvalue weighted by molar-refractivity contribution is 6.07. The van der Waals surface area contributed by atoms with Crippen LogP contribution >= 0.6 is 0 Å². The highest BCUT2D eigenvalue weighted by Crippen LogP contribution is 2.31. The van der Waals surface area contributed by atoms with Crippen LogP contribution in [0.2, 0.25) is 0 Å². The molecule has 0 saturated heterocycles. The molecule has 6 heteroatoms. The second-order valence-corrected chi connectivity index (χ2v) is 6.97. The van der Waals surface area contributed by atoms with Crippen molar-refractivity contribution >= 4 is 27.6 Å². The molecule has 0 amide bonds. The maximum Gasteiger partial charge on any atom is 0.190 e. The lowest BCUT2D eigenvalue weighted by Crippen LogP contribution is -2.17. The molecular weight excluding hydrogens is 364 g/mol. The molecule has 0 aliphatic rings. The van der Waals surface area contributed by atoms with E-state index >= 15 is 0 Å². The largest absolute Gasteiger partial charge is 0.395 e. The molecule has 142 valence electrons. The molecule has 0 bridgehead atoms. The van der Waals surface area contributed by atoms with Crippen LogP contribution < -0.4 is 0 Å². The fourth-order valence-corrected chi connectivity index (χ4v) is 3.71. The molecule has 0 aliphatic heterocycles. The van der Waals surface area contributed by atoms with Crippen molar-refractivity contribution in [2.24, 2.45) is 0 Å². The molecule has 0 saturated carbocycles. The van der Waals surface area contributed by atoms with Crippen molar-refractivity contribution in [2.45, 2.75) is 5.92 Å². The molecule has 0 aliphatic carbocycles. The normalized spacial score (nSPS) is 12.4. The molecule has 5 aromatic rings. The third-order valence-corrected chi connectivity index (χ3v) is 5.21. The summed E-state index contributed by atoms with van der Waals surface area (Å²) in [6, 6.07) is 18.9. The topological polar surface area (TPSA) is 94.7 Å². The van der Waals surface area contributed by atoms with Gasteiger partial charge in [0.15, 0.2) is 5.78 Å². The van der Waals surface area contributed by atoms with Gasteiger partial charge in [-0.2, -0.15) is 0 Å². The Morgan fingerprint density at radius 1 is 1.00 bits per heavy atom. The predicted molar refractivity (Wildman–Crippen MR) is 112 cm³/mol. The van der Waals surface area contributed by atoms with E-state index in [1.54, 1.807) is 18.5 Å². The van der Waals surface area contributed by atoms with Crippen molar-refractivity contribution in [3.05, 3.63) is 84.3 Å². The Morgan fingerprint density at radius 2 is 1.79 bits per heavy atom. The minimum Gasteiger partial charge on any atom is -0.395 e. The molecule has 2 aromatic carbocycles. The number of hydrogen-bond acceptors (Lipinski definition) is 4. The van der Waals surface area contributed by atoms with Gasteiger partial charge in [-0.25, -0.2) is 4.98 Å². The Hall–Kier alpha value is -3.77. The first-order chi connectivity index (χ1) is 14.2. The van der Waals surface area contributed by atoms with Crippen LogP contribution in [0, 0.1) is 0 Å². The fraction of sp³-hybridized carbons (Fsp3) is 0.0870. The lowest BCUT2D eigenvalue weighted by atomic mass is 9.94. The van der Waals surface area contributed by atoms with Crippen molar-refractivity contribution in [3.63, 3.8) is 0 Å². The summed E-state index contributed by atoms with van der Waals surface area (Å²) in [7, 11) is 0. The average molecular weight is 382 g/mol. The number of nitrogens with one attached hydrogen (secondary N) is 2. The number of H-pyrrole nitrogens is 2. The van der Waals surface area contributed by atoms with Crippen LogP contribution in [0.15, 0.2) is 73.1 Å². The number of aliphatic hydroxyl groups is 1. The molecule has 1 atom stereocenters. The predicted octanol–water partition coefficient (Wildman–Crippen LogP) is 4.07. The summed E-state index contributed by atoms with van der Waals surface area (Å²) in [5.41, 5.74) is 4.77. The van der Waals surface area contributed by atoms with Gasteiger partial charge in [0.25, 0.3) is 0 Å². The second kappa shape index (κ2) is 7.00. The van der Waals surface area contributed by atoms with E-state index in [9.17, 15) is 9.90 Å². The molecule has 5 rings (SSSR count). The van der Waals surface area contributed by atoms with Crippen LogP contribution in [0.25, 0.3) is 33.1 Å². The van der Waals surface area contributed by atoms with E-state index < -0.39 is 5.92 Å². The summed E-state index contributed by atoms with van der Waals surface area (Å²) >= 11 is 0. The minimum absolute atomic E-state index is 0.181. The van der Waals surface area contributed by atoms with Crippen LogP contribution in [-0.4, -0.2) is 37.7 Å². The van der Waals surface area contributed by atoms with Crippen LogP contribution in [0.1, 0.15) is 22.0 Å². The van der Waals surface area contributed by atoms with Gasteiger partial charge in [0.2, 0.25) is 0 Å². The number of carbonyl (C=O) groups is 1. The number of hydrogen-bond donors (Lipinski definition) is 3. The van der Waals surface area contributed by atoms with Gasteiger partial charge in [-0.15, -0.1) is 0 Å². The highest BCUT2D eigenvalue weighted by Gasteiger charge is 2.23. The Balaban J connectivity index is 1.57. The number of rotatable bonds is 5. The monoisotopic (exact) mass is 382 g/mol. The molecule has 3 heterocycles. The number of ketones is 1. The number of pyridine rings is 1. The number of aromatic nitrogens is 4. The maximum absolute atomic E-state index is 13.0. The number of fused-ring (bicyclic) bond motifs is 2. The van der Waals surface area contributed by atoms with Crippen molar-refractivity contribution in [3.8, 4) is 11.3 Å². The molecule has 0 unspecified atom stereocenters. The molecule has 3 aromatic heterocycles. The van der Waals surface area contributed by atoms with E-state index in [1.165, 1.54) is 0 Å². The smallest absolute Gasteiger partial charge is 0.190 e. The quantitative estimate of drug-likeness (QED) is 0.400. The summed E-state index contributed by atoms with van der Waals surface area (Å²) in [5.74, 6) is -0.800. The Morgan fingerprint density at radius 3 is 2.55 bits per heavy atom. The van der Waals surface area contributed by atoms with E-state index in [4.69, 9.17) is 0 Å². The molecular formula is C23H18N4O2. The maximum atomic E-state index is 13.0. The zero-order valence-corrected chi connectivity index (χ0v) is 15.5. The summed E-state index contributed by atoms with van der Waals surface area (Å²) < 4.78 is 0. The summed E-state index contributed by atoms with van der Waals surface area (Å²) in [6.45, 7) is -0.256. The van der Waals surface area contributed by atoms with Crippen LogP contribution in [0.3, 0.4) is 0 Å². The van der Waals surface area contributed by atoms with Crippen LogP contribution in [-0.2, 0) is 0 Å². The molecule has 0 fully saturated rings. The summed E-state index contributed by atoms with van der Waals surface area (Å²) in [6.07, 6.45) is 3.50. The average Bonchev–Trinajstić information content (AvgIpc) is 3.37. The van der Waals surface area contributed by atoms with Gasteiger partial charge in [0.05, 0.1) is 29.3 Å². The van der Waals surface area contributed by atoms with E-state index in [-0.39, 0.29) is 12.4 Å². The van der Waals surface area contributed by atoms with Crippen molar-refractivity contribution in [1.29, 1.82) is 0 Å². The Kier molecular flexibility index (Phi) is 4.18. The standard InChI is InChI=1S/C23H18N4O2/c28-13-18(14-4-2-1-3-5-14)23(29)21-11-16-10-17-20(12-19(16)25-21)26-27-22(17)15-6-8-24-9-7-15/h1-12,18,26-28H,13H2/t18-/m1/s1. The molecule has 6 nitrogen and oxygen atoms in total. The van der Waals surface area contributed by atoms with Gasteiger partial charge < -0.3 is 10.2 Å². The van der Waals surface area contributed by atoms with Gasteiger partial charge in [-0.05, 0) is 35.9 Å². The van der Waals surface area contributed by atoms with Crippen LogP contribution in [0.5, 0.6) is 0 Å². The number of benzene rings is 2. The number of nitrogens with zero attached hydrogens (tertiary/aromatic N) is 2. The van der Waals surface area contributed by atoms with Gasteiger partial charge in [-0.3, -0.25) is 14.9 Å². The Labute approximate surface area is 166 Å².